The first kappa shape index (κ1) is 15.2. The summed E-state index contributed by atoms with van der Waals surface area (Å²) in [6.07, 6.45) is 0. The molecular formula is C17H20N2O2. The fraction of sp³-hybridized carbons (Fsp3) is 0.294. The normalized spacial score (nSPS) is 10.9. The molecule has 110 valence electrons. The van der Waals surface area contributed by atoms with Crippen molar-refractivity contribution >= 4 is 5.69 Å². The van der Waals surface area contributed by atoms with Gasteiger partial charge in [-0.3, -0.25) is 10.1 Å². The second kappa shape index (κ2) is 6.50. The van der Waals surface area contributed by atoms with Gasteiger partial charge in [-0.25, -0.2) is 0 Å². The van der Waals surface area contributed by atoms with E-state index in [1.165, 1.54) is 6.07 Å². The number of benzene rings is 2. The summed E-state index contributed by atoms with van der Waals surface area (Å²) in [4.78, 5) is 10.6. The molecule has 0 bridgehead atoms. The zero-order chi connectivity index (χ0) is 15.4. The van der Waals surface area contributed by atoms with Crippen LogP contribution in [0, 0.1) is 17.0 Å². The Morgan fingerprint density at radius 1 is 1.19 bits per heavy atom. The predicted molar refractivity (Wildman–Crippen MR) is 85.2 cm³/mol. The number of nitrogens with one attached hydrogen (secondary N) is 1. The van der Waals surface area contributed by atoms with Crippen LogP contribution in [0.5, 0.6) is 0 Å². The summed E-state index contributed by atoms with van der Waals surface area (Å²) >= 11 is 0. The molecule has 4 nitrogen and oxygen atoms in total. The summed E-state index contributed by atoms with van der Waals surface area (Å²) in [6, 6.07) is 13.4. The van der Waals surface area contributed by atoms with Crippen molar-refractivity contribution in [3.05, 3.63) is 63.7 Å². The van der Waals surface area contributed by atoms with Crippen LogP contribution in [0.1, 0.15) is 25.0 Å². The van der Waals surface area contributed by atoms with E-state index in [9.17, 15) is 10.1 Å². The van der Waals surface area contributed by atoms with E-state index in [-0.39, 0.29) is 10.6 Å². The molecule has 4 heteroatoms. The zero-order valence-electron chi connectivity index (χ0n) is 12.6. The molecule has 0 aliphatic rings. The average Bonchev–Trinajstić information content (AvgIpc) is 2.46. The van der Waals surface area contributed by atoms with Gasteiger partial charge in [-0.1, -0.05) is 49.7 Å². The molecule has 0 saturated heterocycles. The molecule has 0 radical (unpaired) electrons. The highest BCUT2D eigenvalue weighted by molar-refractivity contribution is 5.70. The highest BCUT2D eigenvalue weighted by Crippen LogP contribution is 2.28. The smallest absolute Gasteiger partial charge is 0.270 e. The Kier molecular flexibility index (Phi) is 4.70. The predicted octanol–water partition coefficient (Wildman–Crippen LogP) is 4.07. The maximum absolute atomic E-state index is 10.9. The van der Waals surface area contributed by atoms with E-state index in [1.54, 1.807) is 12.1 Å². The summed E-state index contributed by atoms with van der Waals surface area (Å²) in [5.74, 6) is 0. The zero-order valence-corrected chi connectivity index (χ0v) is 12.6. The van der Waals surface area contributed by atoms with Crippen molar-refractivity contribution in [2.24, 2.45) is 0 Å². The molecule has 0 aliphatic heterocycles. The van der Waals surface area contributed by atoms with Gasteiger partial charge in [0, 0.05) is 24.7 Å². The molecule has 21 heavy (non-hydrogen) atoms. The van der Waals surface area contributed by atoms with Gasteiger partial charge in [0.05, 0.1) is 4.92 Å². The fourth-order valence-corrected chi connectivity index (χ4v) is 2.21. The number of nitro groups is 1. The number of hydrogen-bond acceptors (Lipinski definition) is 3. The standard InChI is InChI=1S/C17H20N2O2/c1-12(2)18-11-15-8-7-13(3)9-17(15)14-5-4-6-16(10-14)19(20)21/h4-10,12,18H,11H2,1-3H3. The molecular weight excluding hydrogens is 264 g/mol. The molecule has 0 saturated carbocycles. The molecule has 0 fully saturated rings. The lowest BCUT2D eigenvalue weighted by atomic mass is 9.97. The van der Waals surface area contributed by atoms with Crippen LogP contribution in [0.15, 0.2) is 42.5 Å². The number of rotatable bonds is 5. The van der Waals surface area contributed by atoms with Crippen molar-refractivity contribution in [2.45, 2.75) is 33.4 Å². The van der Waals surface area contributed by atoms with Crippen LogP contribution in [0.4, 0.5) is 5.69 Å². The van der Waals surface area contributed by atoms with Gasteiger partial charge < -0.3 is 5.32 Å². The van der Waals surface area contributed by atoms with Crippen LogP contribution in [-0.2, 0) is 6.54 Å². The molecule has 0 aliphatic carbocycles. The van der Waals surface area contributed by atoms with Crippen LogP contribution in [0.3, 0.4) is 0 Å². The SMILES string of the molecule is Cc1ccc(CNC(C)C)c(-c2cccc([N+](=O)[O-])c2)c1. The largest absolute Gasteiger partial charge is 0.310 e. The van der Waals surface area contributed by atoms with Gasteiger partial charge in [0.1, 0.15) is 0 Å². The Balaban J connectivity index is 2.43. The van der Waals surface area contributed by atoms with Gasteiger partial charge >= 0.3 is 0 Å². The Bertz CT molecular complexity index is 651. The van der Waals surface area contributed by atoms with Crippen LogP contribution in [0.25, 0.3) is 11.1 Å². The number of aryl methyl sites for hydroxylation is 1. The maximum atomic E-state index is 10.9. The van der Waals surface area contributed by atoms with E-state index in [0.717, 1.165) is 28.8 Å². The van der Waals surface area contributed by atoms with Crippen LogP contribution >= 0.6 is 0 Å². The number of hydrogen-bond donors (Lipinski definition) is 1. The van der Waals surface area contributed by atoms with Gasteiger partial charge in [-0.15, -0.1) is 0 Å². The Morgan fingerprint density at radius 3 is 2.62 bits per heavy atom. The van der Waals surface area contributed by atoms with Gasteiger partial charge in [0.2, 0.25) is 0 Å². The summed E-state index contributed by atoms with van der Waals surface area (Å²) in [6.45, 7) is 6.97. The third-order valence-electron chi connectivity index (χ3n) is 3.33. The Morgan fingerprint density at radius 2 is 1.95 bits per heavy atom. The van der Waals surface area contributed by atoms with Crippen molar-refractivity contribution < 1.29 is 4.92 Å². The third-order valence-corrected chi connectivity index (χ3v) is 3.33. The minimum absolute atomic E-state index is 0.122. The first-order valence-electron chi connectivity index (χ1n) is 7.05. The van der Waals surface area contributed by atoms with E-state index in [2.05, 4.69) is 37.4 Å². The van der Waals surface area contributed by atoms with E-state index in [0.29, 0.717) is 6.04 Å². The third kappa shape index (κ3) is 3.89. The summed E-state index contributed by atoms with van der Waals surface area (Å²) in [5, 5.41) is 14.3. The molecule has 0 atom stereocenters. The maximum Gasteiger partial charge on any atom is 0.270 e. The second-order valence-corrected chi connectivity index (χ2v) is 5.50. The topological polar surface area (TPSA) is 55.2 Å². The minimum Gasteiger partial charge on any atom is -0.310 e. The molecule has 0 amide bonds. The van der Waals surface area contributed by atoms with Crippen molar-refractivity contribution in [2.75, 3.05) is 0 Å². The number of nitro benzene ring substituents is 1. The highest BCUT2D eigenvalue weighted by Gasteiger charge is 2.10. The van der Waals surface area contributed by atoms with Crippen molar-refractivity contribution in [1.82, 2.24) is 5.32 Å². The molecule has 2 aromatic carbocycles. The molecule has 2 aromatic rings. The van der Waals surface area contributed by atoms with E-state index in [1.807, 2.05) is 13.0 Å². The fourth-order valence-electron chi connectivity index (χ4n) is 2.21. The van der Waals surface area contributed by atoms with Crippen LogP contribution < -0.4 is 5.32 Å². The summed E-state index contributed by atoms with van der Waals surface area (Å²) in [5.41, 5.74) is 4.34. The van der Waals surface area contributed by atoms with Crippen molar-refractivity contribution in [3.8, 4) is 11.1 Å². The lowest BCUT2D eigenvalue weighted by molar-refractivity contribution is -0.384. The Hall–Kier alpha value is -2.20. The van der Waals surface area contributed by atoms with Crippen molar-refractivity contribution in [1.29, 1.82) is 0 Å². The number of nitrogens with zero attached hydrogens (tertiary/aromatic N) is 1. The van der Waals surface area contributed by atoms with Gasteiger partial charge in [0.15, 0.2) is 0 Å². The van der Waals surface area contributed by atoms with Gasteiger partial charge in [0.25, 0.3) is 5.69 Å². The van der Waals surface area contributed by atoms with E-state index < -0.39 is 0 Å². The highest BCUT2D eigenvalue weighted by atomic mass is 16.6. The molecule has 0 spiro atoms. The van der Waals surface area contributed by atoms with E-state index in [4.69, 9.17) is 0 Å². The lowest BCUT2D eigenvalue weighted by Crippen LogP contribution is -2.22. The van der Waals surface area contributed by atoms with E-state index >= 15 is 0 Å². The quantitative estimate of drug-likeness (QED) is 0.665. The summed E-state index contributed by atoms with van der Waals surface area (Å²) in [7, 11) is 0. The first-order chi connectivity index (χ1) is 9.97. The minimum atomic E-state index is -0.356. The monoisotopic (exact) mass is 284 g/mol. The molecule has 0 unspecified atom stereocenters. The molecule has 0 aromatic heterocycles. The van der Waals surface area contributed by atoms with Crippen LogP contribution in [-0.4, -0.2) is 11.0 Å². The van der Waals surface area contributed by atoms with Crippen LogP contribution in [0.2, 0.25) is 0 Å². The molecule has 1 N–H and O–H groups in total. The Labute approximate surface area is 125 Å². The van der Waals surface area contributed by atoms with Gasteiger partial charge in [-0.05, 0) is 23.6 Å². The lowest BCUT2D eigenvalue weighted by Gasteiger charge is -2.14. The number of non-ortho nitro benzene ring substituents is 1. The van der Waals surface area contributed by atoms with Gasteiger partial charge in [-0.2, -0.15) is 0 Å². The van der Waals surface area contributed by atoms with Crippen molar-refractivity contribution in [3.63, 3.8) is 0 Å². The molecule has 0 heterocycles. The molecule has 2 rings (SSSR count). The average molecular weight is 284 g/mol. The second-order valence-electron chi connectivity index (χ2n) is 5.50. The first-order valence-corrected chi connectivity index (χ1v) is 7.05. The summed E-state index contributed by atoms with van der Waals surface area (Å²) < 4.78 is 0.